The molecule has 1 aromatic rings. The summed E-state index contributed by atoms with van der Waals surface area (Å²) < 4.78 is 39.3. The molecular weight excluding hydrogens is 307 g/mol. The number of rotatable bonds is 3. The number of hydrogen-bond donors (Lipinski definition) is 1. The van der Waals surface area contributed by atoms with Crippen molar-refractivity contribution >= 4 is 6.03 Å². The lowest BCUT2D eigenvalue weighted by Crippen LogP contribution is -2.48. The Kier molecular flexibility index (Phi) is 4.48. The Hall–Kier alpha value is -1.76. The van der Waals surface area contributed by atoms with Crippen LogP contribution in [0.5, 0.6) is 0 Å². The average molecular weight is 327 g/mol. The van der Waals surface area contributed by atoms with E-state index in [0.29, 0.717) is 25.2 Å². The number of hydrogen-bond acceptors (Lipinski definition) is 2. The fourth-order valence-electron chi connectivity index (χ4n) is 3.44. The van der Waals surface area contributed by atoms with Gasteiger partial charge < -0.3 is 10.2 Å². The van der Waals surface area contributed by atoms with Crippen molar-refractivity contribution in [3.8, 4) is 0 Å². The average Bonchev–Trinajstić information content (AvgIpc) is 2.93. The first-order valence-electron chi connectivity index (χ1n) is 7.87. The van der Waals surface area contributed by atoms with Gasteiger partial charge in [-0.25, -0.2) is 4.79 Å². The molecule has 2 fully saturated rings. The van der Waals surface area contributed by atoms with Gasteiger partial charge in [-0.1, -0.05) is 18.2 Å². The summed E-state index contributed by atoms with van der Waals surface area (Å²) >= 11 is 0. The van der Waals surface area contributed by atoms with Gasteiger partial charge in [0.1, 0.15) is 0 Å². The molecule has 1 atom stereocenters. The van der Waals surface area contributed by atoms with Gasteiger partial charge in [-0.15, -0.1) is 0 Å². The number of carbonyl (C=O) groups excluding carboxylic acids is 1. The molecule has 0 aliphatic carbocycles. The Bertz CT molecular complexity index is 576. The minimum Gasteiger partial charge on any atom is -0.336 e. The zero-order valence-corrected chi connectivity index (χ0v) is 12.8. The third-order valence-corrected chi connectivity index (χ3v) is 4.53. The Morgan fingerprint density at radius 2 is 2.00 bits per heavy atom. The first kappa shape index (κ1) is 16.1. The molecule has 2 aliphatic rings. The Morgan fingerprint density at radius 1 is 1.22 bits per heavy atom. The topological polar surface area (TPSA) is 35.6 Å². The van der Waals surface area contributed by atoms with Crippen LogP contribution in [0.1, 0.15) is 24.0 Å². The number of urea groups is 1. The number of nitrogens with zero attached hydrogens (tertiary/aromatic N) is 2. The van der Waals surface area contributed by atoms with E-state index < -0.39 is 11.7 Å². The van der Waals surface area contributed by atoms with Gasteiger partial charge >= 0.3 is 12.2 Å². The molecule has 2 saturated heterocycles. The highest BCUT2D eigenvalue weighted by Gasteiger charge is 2.35. The van der Waals surface area contributed by atoms with E-state index in [1.807, 2.05) is 9.80 Å². The lowest BCUT2D eigenvalue weighted by Gasteiger charge is -2.37. The zero-order chi connectivity index (χ0) is 16.4. The second-order valence-corrected chi connectivity index (χ2v) is 6.11. The van der Waals surface area contributed by atoms with Crippen molar-refractivity contribution in [2.45, 2.75) is 31.6 Å². The van der Waals surface area contributed by atoms with Crippen LogP contribution in [0.15, 0.2) is 24.3 Å². The van der Waals surface area contributed by atoms with E-state index in [1.54, 1.807) is 6.07 Å². The Morgan fingerprint density at radius 3 is 2.70 bits per heavy atom. The second kappa shape index (κ2) is 6.39. The normalized spacial score (nSPS) is 23.2. The molecule has 1 N–H and O–H groups in total. The monoisotopic (exact) mass is 327 g/mol. The SMILES string of the molecule is O=C1NCCN1[C@@H]1CCCN(Cc2ccccc2C(F)(F)F)C1. The van der Waals surface area contributed by atoms with Crippen molar-refractivity contribution in [1.29, 1.82) is 0 Å². The van der Waals surface area contributed by atoms with E-state index in [9.17, 15) is 18.0 Å². The van der Waals surface area contributed by atoms with E-state index in [2.05, 4.69) is 5.32 Å². The predicted octanol–water partition coefficient (Wildman–Crippen LogP) is 2.70. The molecule has 7 heteroatoms. The summed E-state index contributed by atoms with van der Waals surface area (Å²) in [4.78, 5) is 15.6. The second-order valence-electron chi connectivity index (χ2n) is 6.11. The van der Waals surface area contributed by atoms with Crippen molar-refractivity contribution in [2.75, 3.05) is 26.2 Å². The quantitative estimate of drug-likeness (QED) is 0.926. The van der Waals surface area contributed by atoms with Crippen LogP contribution >= 0.6 is 0 Å². The fourth-order valence-corrected chi connectivity index (χ4v) is 3.44. The van der Waals surface area contributed by atoms with Gasteiger partial charge in [0.25, 0.3) is 0 Å². The standard InChI is InChI=1S/C16H20F3N3O/c17-16(18,19)14-6-2-1-4-12(14)10-21-8-3-5-13(11-21)22-9-7-20-15(22)23/h1-2,4,6,13H,3,5,7-11H2,(H,20,23)/t13-/m1/s1. The molecule has 2 heterocycles. The van der Waals surface area contributed by atoms with Crippen LogP contribution in [-0.4, -0.2) is 48.1 Å². The van der Waals surface area contributed by atoms with Crippen LogP contribution in [0.4, 0.5) is 18.0 Å². The van der Waals surface area contributed by atoms with Gasteiger partial charge in [-0.05, 0) is 31.0 Å². The predicted molar refractivity (Wildman–Crippen MR) is 79.8 cm³/mol. The molecular formula is C16H20F3N3O. The molecule has 0 radical (unpaired) electrons. The van der Waals surface area contributed by atoms with Gasteiger partial charge in [0, 0.05) is 32.2 Å². The molecule has 1 aromatic carbocycles. The first-order valence-corrected chi connectivity index (χ1v) is 7.87. The van der Waals surface area contributed by atoms with Gasteiger partial charge in [0.2, 0.25) is 0 Å². The number of alkyl halides is 3. The number of likely N-dealkylation sites (tertiary alicyclic amines) is 1. The molecule has 0 bridgehead atoms. The number of piperidine rings is 1. The summed E-state index contributed by atoms with van der Waals surface area (Å²) in [6.07, 6.45) is -2.53. The molecule has 3 rings (SSSR count). The smallest absolute Gasteiger partial charge is 0.336 e. The lowest BCUT2D eigenvalue weighted by atomic mass is 10.0. The number of benzene rings is 1. The van der Waals surface area contributed by atoms with E-state index in [0.717, 1.165) is 25.5 Å². The minimum absolute atomic E-state index is 0.0625. The lowest BCUT2D eigenvalue weighted by molar-refractivity contribution is -0.138. The molecule has 2 amide bonds. The van der Waals surface area contributed by atoms with Gasteiger partial charge in [-0.2, -0.15) is 13.2 Å². The fraction of sp³-hybridized carbons (Fsp3) is 0.562. The van der Waals surface area contributed by atoms with Crippen molar-refractivity contribution in [1.82, 2.24) is 15.1 Å². The van der Waals surface area contributed by atoms with Crippen LogP contribution in [0.2, 0.25) is 0 Å². The molecule has 126 valence electrons. The van der Waals surface area contributed by atoms with E-state index in [-0.39, 0.29) is 18.6 Å². The van der Waals surface area contributed by atoms with Gasteiger partial charge in [0.05, 0.1) is 5.56 Å². The van der Waals surface area contributed by atoms with Crippen LogP contribution in [0.3, 0.4) is 0 Å². The molecule has 0 unspecified atom stereocenters. The Balaban J connectivity index is 1.70. The molecule has 0 spiro atoms. The number of amides is 2. The summed E-state index contributed by atoms with van der Waals surface area (Å²) in [5.41, 5.74) is -0.271. The molecule has 23 heavy (non-hydrogen) atoms. The maximum absolute atomic E-state index is 13.1. The minimum atomic E-state index is -4.33. The third kappa shape index (κ3) is 3.60. The highest BCUT2D eigenvalue weighted by atomic mass is 19.4. The van der Waals surface area contributed by atoms with Crippen LogP contribution in [0.25, 0.3) is 0 Å². The van der Waals surface area contributed by atoms with Gasteiger partial charge in [-0.3, -0.25) is 4.90 Å². The summed E-state index contributed by atoms with van der Waals surface area (Å²) in [6.45, 7) is 2.97. The van der Waals surface area contributed by atoms with Crippen molar-refractivity contribution < 1.29 is 18.0 Å². The molecule has 0 aromatic heterocycles. The Labute approximate surface area is 133 Å². The third-order valence-electron chi connectivity index (χ3n) is 4.53. The molecule has 4 nitrogen and oxygen atoms in total. The highest BCUT2D eigenvalue weighted by molar-refractivity contribution is 5.76. The summed E-state index contributed by atoms with van der Waals surface area (Å²) in [6, 6.07) is 5.75. The van der Waals surface area contributed by atoms with Crippen LogP contribution in [-0.2, 0) is 12.7 Å². The van der Waals surface area contributed by atoms with E-state index >= 15 is 0 Å². The zero-order valence-electron chi connectivity index (χ0n) is 12.8. The summed E-state index contributed by atoms with van der Waals surface area (Å²) in [7, 11) is 0. The first-order chi connectivity index (χ1) is 10.9. The van der Waals surface area contributed by atoms with E-state index in [1.165, 1.54) is 12.1 Å². The maximum Gasteiger partial charge on any atom is 0.416 e. The number of carbonyl (C=O) groups is 1. The van der Waals surface area contributed by atoms with Crippen LogP contribution in [0, 0.1) is 0 Å². The van der Waals surface area contributed by atoms with Crippen molar-refractivity contribution in [3.05, 3.63) is 35.4 Å². The highest BCUT2D eigenvalue weighted by Crippen LogP contribution is 2.32. The van der Waals surface area contributed by atoms with Gasteiger partial charge in [0.15, 0.2) is 0 Å². The maximum atomic E-state index is 13.1. The van der Waals surface area contributed by atoms with Crippen LogP contribution < -0.4 is 5.32 Å². The van der Waals surface area contributed by atoms with Crippen molar-refractivity contribution in [3.63, 3.8) is 0 Å². The molecule has 2 aliphatic heterocycles. The summed E-state index contributed by atoms with van der Waals surface area (Å²) in [5, 5.41) is 2.78. The summed E-state index contributed by atoms with van der Waals surface area (Å²) in [5.74, 6) is 0. The number of halogens is 3. The largest absolute Gasteiger partial charge is 0.416 e. The van der Waals surface area contributed by atoms with Crippen molar-refractivity contribution in [2.24, 2.45) is 0 Å². The molecule has 0 saturated carbocycles. The number of nitrogens with one attached hydrogen (secondary N) is 1. The van der Waals surface area contributed by atoms with E-state index in [4.69, 9.17) is 0 Å².